The highest BCUT2D eigenvalue weighted by Gasteiger charge is 2.26. The molecule has 1 aromatic rings. The van der Waals surface area contributed by atoms with Crippen LogP contribution in [0.4, 0.5) is 5.95 Å². The Morgan fingerprint density at radius 3 is 2.36 bits per heavy atom. The molecule has 140 valence electrons. The highest BCUT2D eigenvalue weighted by Crippen LogP contribution is 2.13. The van der Waals surface area contributed by atoms with Crippen LogP contribution in [-0.4, -0.2) is 78.5 Å². The van der Waals surface area contributed by atoms with Gasteiger partial charge in [-0.05, 0) is 19.4 Å². The second kappa shape index (κ2) is 8.57. The molecular weight excluding hydrogens is 342 g/mol. The molecule has 0 spiro atoms. The van der Waals surface area contributed by atoms with E-state index in [1.165, 1.54) is 10.6 Å². The molecule has 0 saturated carbocycles. The third kappa shape index (κ3) is 5.37. The van der Waals surface area contributed by atoms with Crippen LogP contribution in [0.15, 0.2) is 18.5 Å². The number of aromatic nitrogens is 2. The molecule has 0 radical (unpaired) electrons. The van der Waals surface area contributed by atoms with Crippen LogP contribution in [-0.2, 0) is 14.8 Å². The molecule has 1 fully saturated rings. The van der Waals surface area contributed by atoms with Gasteiger partial charge >= 0.3 is 0 Å². The van der Waals surface area contributed by atoms with Crippen molar-refractivity contribution in [3.8, 4) is 0 Å². The first-order chi connectivity index (χ1) is 11.8. The number of hydrogen-bond acceptors (Lipinski definition) is 6. The highest BCUT2D eigenvalue weighted by atomic mass is 32.2. The maximum Gasteiger partial charge on any atom is 0.225 e. The molecule has 0 aromatic carbocycles. The lowest BCUT2D eigenvalue weighted by atomic mass is 10.2. The van der Waals surface area contributed by atoms with Crippen molar-refractivity contribution in [2.75, 3.05) is 43.9 Å². The molecule has 2 rings (SSSR count). The Kier molecular flexibility index (Phi) is 6.71. The van der Waals surface area contributed by atoms with Crippen molar-refractivity contribution in [2.45, 2.75) is 32.7 Å². The first-order valence-electron chi connectivity index (χ1n) is 8.59. The Bertz CT molecular complexity index is 660. The fourth-order valence-corrected chi connectivity index (χ4v) is 4.12. The molecule has 0 N–H and O–H groups in total. The van der Waals surface area contributed by atoms with Gasteiger partial charge in [0.05, 0.1) is 6.26 Å². The summed E-state index contributed by atoms with van der Waals surface area (Å²) in [6.07, 6.45) is 5.53. The fraction of sp³-hybridized carbons (Fsp3) is 0.688. The van der Waals surface area contributed by atoms with Gasteiger partial charge in [-0.2, -0.15) is 4.31 Å². The van der Waals surface area contributed by atoms with E-state index in [0.717, 1.165) is 6.42 Å². The van der Waals surface area contributed by atoms with E-state index in [1.807, 2.05) is 18.7 Å². The Balaban J connectivity index is 1.86. The predicted octanol–water partition coefficient (Wildman–Crippen LogP) is 0.575. The molecule has 2 heterocycles. The van der Waals surface area contributed by atoms with Crippen LogP contribution in [0.5, 0.6) is 0 Å². The Hall–Kier alpha value is -1.74. The molecule has 1 unspecified atom stereocenters. The third-order valence-corrected chi connectivity index (χ3v) is 5.92. The SMILES string of the molecule is CCC(C)N(CCC(=O)N1CCN(c2ncccn2)CC1)S(C)(=O)=O. The fourth-order valence-electron chi connectivity index (χ4n) is 2.89. The molecular formula is C16H27N5O3S. The molecule has 1 atom stereocenters. The van der Waals surface area contributed by atoms with Crippen LogP contribution in [0.2, 0.25) is 0 Å². The van der Waals surface area contributed by atoms with E-state index in [9.17, 15) is 13.2 Å². The van der Waals surface area contributed by atoms with Crippen molar-refractivity contribution >= 4 is 21.9 Å². The van der Waals surface area contributed by atoms with E-state index < -0.39 is 10.0 Å². The van der Waals surface area contributed by atoms with Gasteiger partial charge in [-0.25, -0.2) is 18.4 Å². The average molecular weight is 369 g/mol. The normalized spacial score (nSPS) is 17.0. The minimum atomic E-state index is -3.31. The molecule has 9 heteroatoms. The van der Waals surface area contributed by atoms with Gasteiger partial charge in [-0.3, -0.25) is 4.79 Å². The van der Waals surface area contributed by atoms with Crippen molar-refractivity contribution in [3.63, 3.8) is 0 Å². The van der Waals surface area contributed by atoms with Crippen LogP contribution in [0.3, 0.4) is 0 Å². The van der Waals surface area contributed by atoms with Crippen molar-refractivity contribution in [2.24, 2.45) is 0 Å². The molecule has 0 bridgehead atoms. The number of nitrogens with zero attached hydrogens (tertiary/aromatic N) is 5. The number of carbonyl (C=O) groups is 1. The second-order valence-corrected chi connectivity index (χ2v) is 8.23. The van der Waals surface area contributed by atoms with Gasteiger partial charge in [0.15, 0.2) is 0 Å². The van der Waals surface area contributed by atoms with Crippen LogP contribution in [0.1, 0.15) is 26.7 Å². The summed E-state index contributed by atoms with van der Waals surface area (Å²) < 4.78 is 25.2. The lowest BCUT2D eigenvalue weighted by Gasteiger charge is -2.35. The van der Waals surface area contributed by atoms with E-state index >= 15 is 0 Å². The minimum absolute atomic E-state index is 0.00872. The van der Waals surface area contributed by atoms with E-state index in [4.69, 9.17) is 0 Å². The molecule has 8 nitrogen and oxygen atoms in total. The van der Waals surface area contributed by atoms with Crippen LogP contribution in [0.25, 0.3) is 0 Å². The van der Waals surface area contributed by atoms with Gasteiger partial charge in [0.25, 0.3) is 0 Å². The average Bonchev–Trinajstić information content (AvgIpc) is 2.61. The quantitative estimate of drug-likeness (QED) is 0.699. The van der Waals surface area contributed by atoms with Gasteiger partial charge in [0.2, 0.25) is 21.9 Å². The van der Waals surface area contributed by atoms with E-state index in [-0.39, 0.29) is 24.9 Å². The molecule has 1 aromatic heterocycles. The van der Waals surface area contributed by atoms with Gasteiger partial charge < -0.3 is 9.80 Å². The number of rotatable bonds is 7. The Labute approximate surface area is 149 Å². The summed E-state index contributed by atoms with van der Waals surface area (Å²) in [6.45, 7) is 6.58. The Morgan fingerprint density at radius 1 is 1.24 bits per heavy atom. The van der Waals surface area contributed by atoms with Crippen LogP contribution in [0, 0.1) is 0 Å². The lowest BCUT2D eigenvalue weighted by Crippen LogP contribution is -2.50. The van der Waals surface area contributed by atoms with E-state index in [2.05, 4.69) is 9.97 Å². The zero-order valence-corrected chi connectivity index (χ0v) is 15.9. The van der Waals surface area contributed by atoms with Crippen molar-refractivity contribution in [1.29, 1.82) is 0 Å². The van der Waals surface area contributed by atoms with Crippen molar-refractivity contribution < 1.29 is 13.2 Å². The number of anilines is 1. The zero-order chi connectivity index (χ0) is 18.4. The molecule has 25 heavy (non-hydrogen) atoms. The smallest absolute Gasteiger partial charge is 0.225 e. The minimum Gasteiger partial charge on any atom is -0.339 e. The number of piperazine rings is 1. The zero-order valence-electron chi connectivity index (χ0n) is 15.1. The van der Waals surface area contributed by atoms with Crippen molar-refractivity contribution in [1.82, 2.24) is 19.2 Å². The topological polar surface area (TPSA) is 86.7 Å². The second-order valence-electron chi connectivity index (χ2n) is 6.30. The molecule has 1 saturated heterocycles. The molecule has 1 aliphatic heterocycles. The molecule has 1 amide bonds. The summed E-state index contributed by atoms with van der Waals surface area (Å²) in [6, 6.07) is 1.67. The Morgan fingerprint density at radius 2 is 1.84 bits per heavy atom. The summed E-state index contributed by atoms with van der Waals surface area (Å²) in [5.74, 6) is 0.667. The number of hydrogen-bond donors (Lipinski definition) is 0. The van der Waals surface area contributed by atoms with Gasteiger partial charge in [-0.15, -0.1) is 0 Å². The van der Waals surface area contributed by atoms with Gasteiger partial charge in [0.1, 0.15) is 0 Å². The monoisotopic (exact) mass is 369 g/mol. The maximum atomic E-state index is 12.4. The van der Waals surface area contributed by atoms with Gasteiger partial charge in [0, 0.05) is 57.6 Å². The number of carbonyl (C=O) groups excluding carboxylic acids is 1. The summed E-state index contributed by atoms with van der Waals surface area (Å²) in [4.78, 5) is 24.7. The number of sulfonamides is 1. The standard InChI is InChI=1S/C16H27N5O3S/c1-4-14(2)21(25(3,23)24)9-6-15(22)19-10-12-20(13-11-19)16-17-7-5-8-18-16/h5,7-8,14H,4,6,9-13H2,1-3H3. The summed E-state index contributed by atoms with van der Waals surface area (Å²) in [5.41, 5.74) is 0. The van der Waals surface area contributed by atoms with Crippen molar-refractivity contribution in [3.05, 3.63) is 18.5 Å². The number of amides is 1. The van der Waals surface area contributed by atoms with Crippen LogP contribution < -0.4 is 4.90 Å². The summed E-state index contributed by atoms with van der Waals surface area (Å²) in [5, 5.41) is 0. The van der Waals surface area contributed by atoms with E-state index in [0.29, 0.717) is 32.1 Å². The first-order valence-corrected chi connectivity index (χ1v) is 10.4. The van der Waals surface area contributed by atoms with Crippen LogP contribution >= 0.6 is 0 Å². The molecule has 0 aliphatic carbocycles. The van der Waals surface area contributed by atoms with E-state index in [1.54, 1.807) is 23.4 Å². The predicted molar refractivity (Wildman–Crippen MR) is 96.7 cm³/mol. The van der Waals surface area contributed by atoms with Gasteiger partial charge in [-0.1, -0.05) is 6.92 Å². The first kappa shape index (κ1) is 19.6. The summed E-state index contributed by atoms with van der Waals surface area (Å²) >= 11 is 0. The highest BCUT2D eigenvalue weighted by molar-refractivity contribution is 7.88. The lowest BCUT2D eigenvalue weighted by molar-refractivity contribution is -0.131. The largest absolute Gasteiger partial charge is 0.339 e. The molecule has 1 aliphatic rings. The summed E-state index contributed by atoms with van der Waals surface area (Å²) in [7, 11) is -3.31. The third-order valence-electron chi connectivity index (χ3n) is 4.52. The maximum absolute atomic E-state index is 12.4.